The Kier molecular flexibility index (Phi) is 3.84. The second-order valence-electron chi connectivity index (χ2n) is 7.33. The predicted octanol–water partition coefficient (Wildman–Crippen LogP) is 5.57. The predicted molar refractivity (Wildman–Crippen MR) is 118 cm³/mol. The van der Waals surface area contributed by atoms with Gasteiger partial charge in [0.25, 0.3) is 0 Å². The van der Waals surface area contributed by atoms with Crippen molar-refractivity contribution in [3.8, 4) is 5.75 Å². The van der Waals surface area contributed by atoms with E-state index in [-0.39, 0.29) is 0 Å². The van der Waals surface area contributed by atoms with Crippen LogP contribution in [0, 0.1) is 0 Å². The van der Waals surface area contributed by atoms with Gasteiger partial charge in [-0.15, -0.1) is 0 Å². The van der Waals surface area contributed by atoms with Crippen LogP contribution < -0.4 is 4.74 Å². The van der Waals surface area contributed by atoms with Gasteiger partial charge in [-0.1, -0.05) is 6.07 Å². The van der Waals surface area contributed by atoms with Gasteiger partial charge in [0, 0.05) is 35.6 Å². The van der Waals surface area contributed by atoms with Crippen molar-refractivity contribution in [1.29, 1.82) is 0 Å². The first-order chi connectivity index (χ1) is 14.9. The summed E-state index contributed by atoms with van der Waals surface area (Å²) in [6.07, 6.45) is 13.5. The van der Waals surface area contributed by atoms with Gasteiger partial charge >= 0.3 is 0 Å². The van der Waals surface area contributed by atoms with Crippen LogP contribution in [-0.4, -0.2) is 19.4 Å². The molecule has 0 saturated carbocycles. The normalized spacial score (nSPS) is 14.1. The number of fused-ring (bicyclic) bond motifs is 6. The van der Waals surface area contributed by atoms with Gasteiger partial charge in [-0.05, 0) is 78.4 Å². The van der Waals surface area contributed by atoms with E-state index in [1.54, 1.807) is 0 Å². The largest absolute Gasteiger partial charge is 0.458 e. The molecule has 144 valence electrons. The van der Waals surface area contributed by atoms with Gasteiger partial charge in [-0.3, -0.25) is 9.38 Å². The van der Waals surface area contributed by atoms with Crippen molar-refractivity contribution >= 4 is 33.0 Å². The highest BCUT2D eigenvalue weighted by Crippen LogP contribution is 2.32. The fraction of sp³-hybridized carbons (Fsp3) is 0.0800. The molecule has 0 atom stereocenters. The van der Waals surface area contributed by atoms with Gasteiger partial charge < -0.3 is 4.74 Å². The minimum Gasteiger partial charge on any atom is -0.458 e. The van der Waals surface area contributed by atoms with Crippen molar-refractivity contribution in [2.45, 2.75) is 12.8 Å². The Morgan fingerprint density at radius 3 is 2.63 bits per heavy atom. The van der Waals surface area contributed by atoms with Crippen molar-refractivity contribution in [1.82, 2.24) is 19.4 Å². The van der Waals surface area contributed by atoms with Crippen molar-refractivity contribution in [3.63, 3.8) is 0 Å². The van der Waals surface area contributed by atoms with E-state index in [1.165, 1.54) is 5.57 Å². The van der Waals surface area contributed by atoms with Crippen molar-refractivity contribution < 1.29 is 4.74 Å². The lowest BCUT2D eigenvalue weighted by atomic mass is 10.0. The Morgan fingerprint density at radius 1 is 0.800 bits per heavy atom. The highest BCUT2D eigenvalue weighted by atomic mass is 16.5. The molecule has 5 heteroatoms. The van der Waals surface area contributed by atoms with E-state index in [9.17, 15) is 0 Å². The lowest BCUT2D eigenvalue weighted by Gasteiger charge is -2.15. The van der Waals surface area contributed by atoms with Gasteiger partial charge in [0.05, 0.1) is 5.69 Å². The van der Waals surface area contributed by atoms with Crippen LogP contribution in [0.1, 0.15) is 18.5 Å². The van der Waals surface area contributed by atoms with Crippen LogP contribution in [0.5, 0.6) is 5.75 Å². The fourth-order valence-electron chi connectivity index (χ4n) is 4.11. The van der Waals surface area contributed by atoms with Gasteiger partial charge in [0.15, 0.2) is 0 Å². The Labute approximate surface area is 173 Å². The van der Waals surface area contributed by atoms with Crippen LogP contribution >= 0.6 is 0 Å². The summed E-state index contributed by atoms with van der Waals surface area (Å²) in [4.78, 5) is 13.6. The first-order valence-electron chi connectivity index (χ1n) is 10.0. The zero-order chi connectivity index (χ0) is 19.9. The summed E-state index contributed by atoms with van der Waals surface area (Å²) in [5.74, 6) is 1.64. The standard InChI is InChI=1S/C25H18N4O/c1-2-11-26-23(8-1)17-5-3-6-18(15-17)30-19-9-10-20-21-7-4-12-27-24(21)29-14-13-28-25(29)22(20)16-19/h1-2,4,6-16H,3,5H2. The average Bonchev–Trinajstić information content (AvgIpc) is 3.31. The third-order valence-electron chi connectivity index (χ3n) is 5.48. The minimum absolute atomic E-state index is 0.792. The van der Waals surface area contributed by atoms with Crippen LogP contribution in [0.4, 0.5) is 0 Å². The number of imidazole rings is 1. The zero-order valence-electron chi connectivity index (χ0n) is 16.2. The SMILES string of the molecule is C1=C(Oc2ccc3c4cccnc4n4ccnc4c3c2)C=C(c2ccccn2)CC1. The van der Waals surface area contributed by atoms with E-state index >= 15 is 0 Å². The van der Waals surface area contributed by atoms with E-state index in [0.29, 0.717) is 0 Å². The summed E-state index contributed by atoms with van der Waals surface area (Å²) >= 11 is 0. The molecule has 6 rings (SSSR count). The maximum atomic E-state index is 6.26. The molecule has 0 amide bonds. The molecular formula is C25H18N4O. The third kappa shape index (κ3) is 2.75. The smallest absolute Gasteiger partial charge is 0.146 e. The van der Waals surface area contributed by atoms with E-state index in [2.05, 4.69) is 45.3 Å². The Balaban J connectivity index is 1.43. The molecule has 4 aromatic heterocycles. The molecule has 30 heavy (non-hydrogen) atoms. The summed E-state index contributed by atoms with van der Waals surface area (Å²) in [6.45, 7) is 0. The van der Waals surface area contributed by atoms with Gasteiger partial charge in [-0.25, -0.2) is 9.97 Å². The lowest BCUT2D eigenvalue weighted by molar-refractivity contribution is 0.440. The van der Waals surface area contributed by atoms with Crippen LogP contribution in [-0.2, 0) is 0 Å². The number of ether oxygens (including phenoxy) is 1. The second-order valence-corrected chi connectivity index (χ2v) is 7.33. The van der Waals surface area contributed by atoms with Gasteiger partial charge in [0.1, 0.15) is 22.8 Å². The molecule has 0 unspecified atom stereocenters. The first kappa shape index (κ1) is 16.9. The molecule has 0 fully saturated rings. The summed E-state index contributed by atoms with van der Waals surface area (Å²) in [7, 11) is 0. The molecule has 0 radical (unpaired) electrons. The van der Waals surface area contributed by atoms with Crippen molar-refractivity contribution in [3.05, 3.63) is 96.9 Å². The molecule has 1 aliphatic carbocycles. The van der Waals surface area contributed by atoms with E-state index in [1.807, 2.05) is 59.5 Å². The Bertz CT molecular complexity index is 1460. The van der Waals surface area contributed by atoms with Gasteiger partial charge in [0.2, 0.25) is 0 Å². The Morgan fingerprint density at radius 2 is 1.70 bits per heavy atom. The number of hydrogen-bond acceptors (Lipinski definition) is 4. The molecule has 0 aliphatic heterocycles. The summed E-state index contributed by atoms with van der Waals surface area (Å²) in [5.41, 5.74) is 3.98. The number of rotatable bonds is 3. The van der Waals surface area contributed by atoms with E-state index in [4.69, 9.17) is 4.74 Å². The number of benzene rings is 1. The quantitative estimate of drug-likeness (QED) is 0.378. The zero-order valence-corrected chi connectivity index (χ0v) is 16.2. The number of hydrogen-bond donors (Lipinski definition) is 0. The molecule has 1 aliphatic rings. The van der Waals surface area contributed by atoms with Crippen LogP contribution in [0.2, 0.25) is 0 Å². The van der Waals surface area contributed by atoms with Crippen molar-refractivity contribution in [2.24, 2.45) is 0 Å². The number of allylic oxidation sites excluding steroid dienone is 3. The maximum Gasteiger partial charge on any atom is 0.146 e. The first-order valence-corrected chi connectivity index (χ1v) is 10.0. The molecule has 0 bridgehead atoms. The van der Waals surface area contributed by atoms with Crippen LogP contribution in [0.15, 0.2) is 91.2 Å². The number of nitrogens with zero attached hydrogens (tertiary/aromatic N) is 4. The van der Waals surface area contributed by atoms with Crippen molar-refractivity contribution in [2.75, 3.05) is 0 Å². The summed E-state index contributed by atoms with van der Waals surface area (Å²) in [5, 5.41) is 3.26. The number of aromatic nitrogens is 4. The van der Waals surface area contributed by atoms with Gasteiger partial charge in [-0.2, -0.15) is 0 Å². The highest BCUT2D eigenvalue weighted by Gasteiger charge is 2.13. The second kappa shape index (κ2) is 6.81. The maximum absolute atomic E-state index is 6.26. The third-order valence-corrected chi connectivity index (χ3v) is 5.48. The summed E-state index contributed by atoms with van der Waals surface area (Å²) in [6, 6.07) is 16.2. The molecule has 0 saturated heterocycles. The van der Waals surface area contributed by atoms with Crippen LogP contribution in [0.3, 0.4) is 0 Å². The minimum atomic E-state index is 0.792. The van der Waals surface area contributed by atoms with E-state index in [0.717, 1.165) is 57.5 Å². The highest BCUT2D eigenvalue weighted by molar-refractivity contribution is 6.11. The topological polar surface area (TPSA) is 52.3 Å². The lowest BCUT2D eigenvalue weighted by Crippen LogP contribution is -2.00. The fourth-order valence-corrected chi connectivity index (χ4v) is 4.11. The molecular weight excluding hydrogens is 372 g/mol. The van der Waals surface area contributed by atoms with E-state index < -0.39 is 0 Å². The molecule has 0 spiro atoms. The molecule has 0 N–H and O–H groups in total. The molecule has 5 nitrogen and oxygen atoms in total. The van der Waals surface area contributed by atoms with Crippen LogP contribution in [0.25, 0.3) is 33.0 Å². The average molecular weight is 390 g/mol. The summed E-state index contributed by atoms with van der Waals surface area (Å²) < 4.78 is 8.29. The molecule has 5 aromatic rings. The molecule has 1 aromatic carbocycles. The molecule has 4 heterocycles. The Hall–Kier alpha value is -3.99. The number of pyridine rings is 3. The monoisotopic (exact) mass is 390 g/mol.